The standard InChI is InChI=1S/C8H8O.C2H7P.2ClH.Mo.O/c1-7-5-3-4-6-8(7)9-2;1-3-2;;;;/h1,3-6H,2H3;3H,1-2H3;2*1H;;. The third kappa shape index (κ3) is 9.60. The Morgan fingerprint density at radius 3 is 2.19 bits per heavy atom. The van der Waals surface area contributed by atoms with Gasteiger partial charge in [-0.3, -0.25) is 0 Å². The number of rotatable bonds is 2. The molecule has 0 N–H and O–H groups in total. The molecule has 0 spiro atoms. The number of halogens is 2. The zero-order chi connectivity index (χ0) is 10.8. The van der Waals surface area contributed by atoms with Gasteiger partial charge in [-0.25, -0.2) is 0 Å². The van der Waals surface area contributed by atoms with E-state index in [1.807, 2.05) is 24.3 Å². The molecule has 0 aliphatic carbocycles. The summed E-state index contributed by atoms with van der Waals surface area (Å²) < 4.78 is 17.2. The average molecular weight is 367 g/mol. The van der Waals surface area contributed by atoms with E-state index in [9.17, 15) is 3.40 Å². The van der Waals surface area contributed by atoms with Gasteiger partial charge in [-0.05, 0) is 13.3 Å². The summed E-state index contributed by atoms with van der Waals surface area (Å²) in [6.45, 7) is 4.31. The number of ether oxygens (including phenoxy) is 1. The van der Waals surface area contributed by atoms with Crippen LogP contribution in [0.4, 0.5) is 0 Å². The van der Waals surface area contributed by atoms with Crippen LogP contribution in [0.2, 0.25) is 0 Å². The molecule has 6 heteroatoms. The summed E-state index contributed by atoms with van der Waals surface area (Å²) in [5, 5.41) is 0. The van der Waals surface area contributed by atoms with Crippen LogP contribution in [0.25, 0.3) is 0 Å². The van der Waals surface area contributed by atoms with Gasteiger partial charge in [0.15, 0.2) is 0 Å². The van der Waals surface area contributed by atoms with E-state index >= 15 is 0 Å². The van der Waals surface area contributed by atoms with Gasteiger partial charge in [0.25, 0.3) is 0 Å². The van der Waals surface area contributed by atoms with Gasteiger partial charge in [-0.2, -0.15) is 0 Å². The van der Waals surface area contributed by atoms with Gasteiger partial charge in [-0.1, -0.05) is 0 Å². The molecule has 0 aliphatic heterocycles. The van der Waals surface area contributed by atoms with Crippen LogP contribution in [0.5, 0.6) is 5.75 Å². The summed E-state index contributed by atoms with van der Waals surface area (Å²) in [6.07, 6.45) is 0. The Hall–Kier alpha value is 0.388. The fraction of sp³-hybridized carbons (Fsp3) is 0.300. The molecule has 16 heavy (non-hydrogen) atoms. The molecule has 0 aromatic heterocycles. The van der Waals surface area contributed by atoms with Crippen molar-refractivity contribution in [2.75, 3.05) is 20.4 Å². The van der Waals surface area contributed by atoms with Gasteiger partial charge >= 0.3 is 73.3 Å². The number of benzene rings is 1. The van der Waals surface area contributed by atoms with E-state index in [4.69, 9.17) is 4.74 Å². The minimum atomic E-state index is -1.20. The smallest absolute Gasteiger partial charge is 0.0475 e. The van der Waals surface area contributed by atoms with E-state index in [1.165, 1.54) is 0 Å². The van der Waals surface area contributed by atoms with Crippen molar-refractivity contribution in [2.45, 2.75) is 0 Å². The van der Waals surface area contributed by atoms with Crippen LogP contribution in [-0.2, 0) is 21.5 Å². The maximum atomic E-state index is 10.4. The van der Waals surface area contributed by atoms with Gasteiger partial charge in [0.05, 0.1) is 0 Å². The van der Waals surface area contributed by atoms with Gasteiger partial charge in [0.1, 0.15) is 0 Å². The van der Waals surface area contributed by atoms with Crippen LogP contribution < -0.4 is 4.74 Å². The zero-order valence-electron chi connectivity index (χ0n) is 9.43. The van der Waals surface area contributed by atoms with E-state index in [-0.39, 0.29) is 24.8 Å². The molecule has 0 saturated heterocycles. The quantitative estimate of drug-likeness (QED) is 0.594. The maximum absolute atomic E-state index is 10.4. The van der Waals surface area contributed by atoms with Crippen LogP contribution in [0.15, 0.2) is 24.3 Å². The second kappa shape index (κ2) is 15.4. The van der Waals surface area contributed by atoms with E-state index < -0.39 is 18.1 Å². The molecular formula is C10H17Cl2MoO2P. The van der Waals surface area contributed by atoms with Gasteiger partial charge in [-0.15, -0.1) is 33.4 Å². The Balaban J connectivity index is -0.000000306. The van der Waals surface area contributed by atoms with E-state index in [2.05, 4.69) is 13.3 Å². The molecular weight excluding hydrogens is 350 g/mol. The summed E-state index contributed by atoms with van der Waals surface area (Å²) in [7, 11) is 2.69. The molecule has 0 radical (unpaired) electrons. The minimum Gasteiger partial charge on any atom is -0.147 e. The Kier molecular flexibility index (Phi) is 20.8. The normalized spacial score (nSPS) is 7.19. The number of methoxy groups -OCH3 is 1. The number of para-hydroxylation sites is 1. The van der Waals surface area contributed by atoms with Crippen LogP contribution >= 0.6 is 33.4 Å². The predicted octanol–water partition coefficient (Wildman–Crippen LogP) is 3.04. The maximum Gasteiger partial charge on any atom is -0.0475 e. The van der Waals surface area contributed by atoms with Crippen LogP contribution in [0, 0.1) is 0 Å². The van der Waals surface area contributed by atoms with Crippen molar-refractivity contribution < 1.29 is 26.2 Å². The fourth-order valence-corrected chi connectivity index (χ4v) is 1.55. The second-order valence-electron chi connectivity index (χ2n) is 2.46. The fourth-order valence-electron chi connectivity index (χ4n) is 0.816. The summed E-state index contributed by atoms with van der Waals surface area (Å²) in [6, 6.07) is 7.54. The molecule has 0 aliphatic rings. The topological polar surface area (TPSA) is 26.3 Å². The Morgan fingerprint density at radius 1 is 1.25 bits per heavy atom. The van der Waals surface area contributed by atoms with Crippen LogP contribution in [0.1, 0.15) is 5.56 Å². The van der Waals surface area contributed by atoms with Crippen LogP contribution in [-0.4, -0.2) is 24.8 Å². The molecule has 0 fully saturated rings. The minimum absolute atomic E-state index is 0. The van der Waals surface area contributed by atoms with Gasteiger partial charge < -0.3 is 0 Å². The number of hydrogen-bond acceptors (Lipinski definition) is 2. The third-order valence-electron chi connectivity index (χ3n) is 1.31. The van der Waals surface area contributed by atoms with Gasteiger partial charge in [0.2, 0.25) is 0 Å². The van der Waals surface area contributed by atoms with E-state index in [0.717, 1.165) is 19.9 Å². The van der Waals surface area contributed by atoms with E-state index in [1.54, 1.807) is 11.5 Å². The van der Waals surface area contributed by atoms with Crippen molar-refractivity contribution in [2.24, 2.45) is 0 Å². The third-order valence-corrected chi connectivity index (χ3v) is 2.17. The second-order valence-corrected chi connectivity index (χ2v) is 4.51. The van der Waals surface area contributed by atoms with Crippen molar-refractivity contribution in [3.63, 3.8) is 0 Å². The first-order valence-corrected chi connectivity index (χ1v) is 8.11. The summed E-state index contributed by atoms with van der Waals surface area (Å²) in [4.78, 5) is 0. The first-order chi connectivity index (χ1) is 6.79. The molecule has 1 aromatic rings. The zero-order valence-corrected chi connectivity index (χ0v) is 14.1. The summed E-state index contributed by atoms with van der Waals surface area (Å²) in [5.41, 5.74) is 0.924. The van der Waals surface area contributed by atoms with Gasteiger partial charge in [0, 0.05) is 0 Å². The van der Waals surface area contributed by atoms with E-state index in [0.29, 0.717) is 0 Å². The molecule has 94 valence electrons. The molecule has 0 amide bonds. The monoisotopic (exact) mass is 368 g/mol. The molecule has 0 heterocycles. The summed E-state index contributed by atoms with van der Waals surface area (Å²) in [5.74, 6) is 0.786. The van der Waals surface area contributed by atoms with Crippen molar-refractivity contribution in [3.8, 4) is 5.75 Å². The van der Waals surface area contributed by atoms with Crippen molar-refractivity contribution in [3.05, 3.63) is 29.8 Å². The molecule has 1 aromatic carbocycles. The average Bonchev–Trinajstić information content (AvgIpc) is 2.20. The largest absolute Gasteiger partial charge is 0.147 e. The molecule has 0 bridgehead atoms. The first-order valence-electron chi connectivity index (χ1n) is 4.13. The Bertz CT molecular complexity index is 317. The van der Waals surface area contributed by atoms with Crippen molar-refractivity contribution in [1.29, 1.82) is 0 Å². The first kappa shape index (κ1) is 21.7. The summed E-state index contributed by atoms with van der Waals surface area (Å²) >= 11 is -1.20. The van der Waals surface area contributed by atoms with Crippen molar-refractivity contribution in [1.82, 2.24) is 0 Å². The molecule has 0 atom stereocenters. The molecule has 2 nitrogen and oxygen atoms in total. The molecule has 0 saturated carbocycles. The van der Waals surface area contributed by atoms with Crippen molar-refractivity contribution >= 4 is 37.8 Å². The predicted molar refractivity (Wildman–Crippen MR) is 73.5 cm³/mol. The molecule has 0 unspecified atom stereocenters. The number of hydrogen-bond donors (Lipinski definition) is 0. The van der Waals surface area contributed by atoms with Crippen LogP contribution in [0.3, 0.4) is 0 Å². The SMILES string of the molecule is COc1ccccc1[CH]=[Mo]=[O].CPC.Cl.Cl. The molecule has 1 rings (SSSR count). The Labute approximate surface area is 119 Å². The Morgan fingerprint density at radius 2 is 1.75 bits per heavy atom.